The van der Waals surface area contributed by atoms with Crippen LogP contribution in [-0.2, 0) is 0 Å². The lowest BCUT2D eigenvalue weighted by atomic mass is 9.88. The Balaban J connectivity index is 1.64. The summed E-state index contributed by atoms with van der Waals surface area (Å²) in [7, 11) is 0. The number of aromatic nitrogens is 4. The van der Waals surface area contributed by atoms with Crippen molar-refractivity contribution in [3.63, 3.8) is 0 Å². The van der Waals surface area contributed by atoms with Gasteiger partial charge in [0.1, 0.15) is 16.3 Å². The van der Waals surface area contributed by atoms with E-state index in [0.717, 1.165) is 10.4 Å². The van der Waals surface area contributed by atoms with Crippen molar-refractivity contribution in [3.05, 3.63) is 29.5 Å². The SMILES string of the molecule is C[C@@H](Nc1cc(C(=O)N2CCC(NC(=O)O)CC2)nc(-c2cnn3ccsc23)n1)C(C)(C)C. The smallest absolute Gasteiger partial charge is 0.404 e. The van der Waals surface area contributed by atoms with Crippen LogP contribution in [0.15, 0.2) is 23.8 Å². The van der Waals surface area contributed by atoms with Crippen molar-refractivity contribution in [2.75, 3.05) is 18.4 Å². The van der Waals surface area contributed by atoms with Gasteiger partial charge in [0.2, 0.25) is 0 Å². The summed E-state index contributed by atoms with van der Waals surface area (Å²) >= 11 is 1.54. The van der Waals surface area contributed by atoms with Crippen LogP contribution in [0.4, 0.5) is 10.6 Å². The number of likely N-dealkylation sites (tertiary alicyclic amines) is 1. The van der Waals surface area contributed by atoms with E-state index >= 15 is 0 Å². The average Bonchev–Trinajstić information content (AvgIpc) is 3.36. The lowest BCUT2D eigenvalue weighted by molar-refractivity contribution is 0.0700. The van der Waals surface area contributed by atoms with Crippen LogP contribution in [0.3, 0.4) is 0 Å². The Kier molecular flexibility index (Phi) is 6.24. The van der Waals surface area contributed by atoms with E-state index in [0.29, 0.717) is 43.3 Å². The van der Waals surface area contributed by atoms with Crippen LogP contribution in [0.2, 0.25) is 0 Å². The Hall–Kier alpha value is -3.21. The zero-order chi connectivity index (χ0) is 23.8. The third-order valence-electron chi connectivity index (χ3n) is 6.09. The van der Waals surface area contributed by atoms with Gasteiger partial charge in [0.05, 0.1) is 11.8 Å². The second-order valence-corrected chi connectivity index (χ2v) is 10.3. The molecule has 33 heavy (non-hydrogen) atoms. The fourth-order valence-electron chi connectivity index (χ4n) is 3.63. The van der Waals surface area contributed by atoms with Gasteiger partial charge >= 0.3 is 6.09 Å². The minimum Gasteiger partial charge on any atom is -0.465 e. The number of carbonyl (C=O) groups is 2. The van der Waals surface area contributed by atoms with Gasteiger partial charge in [-0.2, -0.15) is 5.10 Å². The minimum atomic E-state index is -1.04. The number of anilines is 1. The number of carboxylic acid groups (broad SMARTS) is 1. The molecule has 11 heteroatoms. The van der Waals surface area contributed by atoms with Gasteiger partial charge in [0.15, 0.2) is 5.82 Å². The van der Waals surface area contributed by atoms with Crippen molar-refractivity contribution >= 4 is 34.0 Å². The fraction of sp³-hybridized carbons (Fsp3) is 0.500. The van der Waals surface area contributed by atoms with Crippen molar-refractivity contribution in [3.8, 4) is 11.4 Å². The lowest BCUT2D eigenvalue weighted by Gasteiger charge is -2.32. The number of piperidine rings is 1. The Bertz CT molecular complexity index is 1160. The van der Waals surface area contributed by atoms with Crippen LogP contribution in [0.25, 0.3) is 16.2 Å². The summed E-state index contributed by atoms with van der Waals surface area (Å²) < 4.78 is 1.77. The predicted octanol–water partition coefficient (Wildman–Crippen LogP) is 3.57. The lowest BCUT2D eigenvalue weighted by Crippen LogP contribution is -2.46. The Labute approximate surface area is 196 Å². The number of nitrogens with zero attached hydrogens (tertiary/aromatic N) is 5. The van der Waals surface area contributed by atoms with Gasteiger partial charge in [-0.05, 0) is 25.2 Å². The first-order chi connectivity index (χ1) is 15.6. The fourth-order valence-corrected chi connectivity index (χ4v) is 4.43. The highest BCUT2D eigenvalue weighted by atomic mass is 32.1. The van der Waals surface area contributed by atoms with Crippen molar-refractivity contribution in [1.29, 1.82) is 0 Å². The number of thiazole rings is 1. The summed E-state index contributed by atoms with van der Waals surface area (Å²) in [6.45, 7) is 9.44. The zero-order valence-corrected chi connectivity index (χ0v) is 20.0. The maximum atomic E-state index is 13.4. The number of hydrogen-bond donors (Lipinski definition) is 3. The average molecular weight is 472 g/mol. The molecule has 0 unspecified atom stereocenters. The number of rotatable bonds is 5. The molecule has 3 aromatic heterocycles. The largest absolute Gasteiger partial charge is 0.465 e. The van der Waals surface area contributed by atoms with E-state index in [1.165, 1.54) is 11.3 Å². The monoisotopic (exact) mass is 471 g/mol. The minimum absolute atomic E-state index is 0.00690. The van der Waals surface area contributed by atoms with E-state index in [2.05, 4.69) is 48.4 Å². The molecule has 4 rings (SSSR count). The van der Waals surface area contributed by atoms with E-state index in [9.17, 15) is 9.59 Å². The van der Waals surface area contributed by atoms with Gasteiger partial charge in [0.25, 0.3) is 5.91 Å². The normalized spacial score (nSPS) is 16.1. The molecule has 0 saturated carbocycles. The summed E-state index contributed by atoms with van der Waals surface area (Å²) in [5, 5.41) is 21.2. The Morgan fingerprint density at radius 1 is 1.24 bits per heavy atom. The molecule has 1 atom stereocenters. The molecule has 0 bridgehead atoms. The molecule has 2 amide bonds. The number of hydrogen-bond acceptors (Lipinski definition) is 7. The molecular weight excluding hydrogens is 442 g/mol. The molecule has 0 aromatic carbocycles. The summed E-state index contributed by atoms with van der Waals surface area (Å²) in [6, 6.07) is 1.66. The van der Waals surface area contributed by atoms with Crippen molar-refractivity contribution in [2.45, 2.75) is 52.6 Å². The molecule has 1 fully saturated rings. The molecule has 176 valence electrons. The highest BCUT2D eigenvalue weighted by Crippen LogP contribution is 2.28. The molecule has 0 radical (unpaired) electrons. The van der Waals surface area contributed by atoms with E-state index in [1.807, 2.05) is 11.6 Å². The molecule has 1 aliphatic rings. The third-order valence-corrected chi connectivity index (χ3v) is 6.98. The number of nitrogens with one attached hydrogen (secondary N) is 2. The van der Waals surface area contributed by atoms with E-state index in [1.54, 1.807) is 21.7 Å². The first kappa shape index (κ1) is 23.0. The molecule has 10 nitrogen and oxygen atoms in total. The molecule has 1 aliphatic heterocycles. The van der Waals surface area contributed by atoms with Gasteiger partial charge in [-0.3, -0.25) is 4.79 Å². The first-order valence-corrected chi connectivity index (χ1v) is 11.9. The van der Waals surface area contributed by atoms with Gasteiger partial charge < -0.3 is 20.6 Å². The zero-order valence-electron chi connectivity index (χ0n) is 19.2. The van der Waals surface area contributed by atoms with Crippen LogP contribution < -0.4 is 10.6 Å². The summed E-state index contributed by atoms with van der Waals surface area (Å²) in [5.74, 6) is 0.849. The van der Waals surface area contributed by atoms with Crippen molar-refractivity contribution < 1.29 is 14.7 Å². The molecule has 3 aromatic rings. The maximum absolute atomic E-state index is 13.4. The quantitative estimate of drug-likeness (QED) is 0.519. The maximum Gasteiger partial charge on any atom is 0.404 e. The topological polar surface area (TPSA) is 125 Å². The summed E-state index contributed by atoms with van der Waals surface area (Å²) in [5.41, 5.74) is 1.08. The third kappa shape index (κ3) is 5.08. The van der Waals surface area contributed by atoms with Gasteiger partial charge in [-0.1, -0.05) is 20.8 Å². The molecule has 0 spiro atoms. The highest BCUT2D eigenvalue weighted by molar-refractivity contribution is 7.16. The molecule has 4 heterocycles. The van der Waals surface area contributed by atoms with Gasteiger partial charge in [-0.25, -0.2) is 19.3 Å². The second-order valence-electron chi connectivity index (χ2n) is 9.42. The van der Waals surface area contributed by atoms with Crippen molar-refractivity contribution in [2.24, 2.45) is 5.41 Å². The highest BCUT2D eigenvalue weighted by Gasteiger charge is 2.27. The van der Waals surface area contributed by atoms with Crippen LogP contribution in [0.5, 0.6) is 0 Å². The summed E-state index contributed by atoms with van der Waals surface area (Å²) in [4.78, 5) is 36.2. The summed E-state index contributed by atoms with van der Waals surface area (Å²) in [6.07, 6.45) is 3.69. The second kappa shape index (κ2) is 8.97. The molecule has 3 N–H and O–H groups in total. The molecule has 1 saturated heterocycles. The Morgan fingerprint density at radius 2 is 1.97 bits per heavy atom. The predicted molar refractivity (Wildman–Crippen MR) is 127 cm³/mol. The molecule has 0 aliphatic carbocycles. The van der Waals surface area contributed by atoms with Gasteiger partial charge in [-0.15, -0.1) is 11.3 Å². The van der Waals surface area contributed by atoms with Crippen LogP contribution in [-0.4, -0.2) is 66.8 Å². The number of amides is 2. The van der Waals surface area contributed by atoms with Crippen molar-refractivity contribution in [1.82, 2.24) is 29.8 Å². The molecular formula is C22H29N7O3S. The van der Waals surface area contributed by atoms with E-state index < -0.39 is 6.09 Å². The van der Waals surface area contributed by atoms with Crippen LogP contribution >= 0.6 is 11.3 Å². The standard InChI is InChI=1S/C22H29N7O3S/c1-13(22(2,3)4)24-17-11-16(19(30)28-7-5-14(6-8-28)25-21(31)32)26-18(27-17)15-12-23-29-9-10-33-20(15)29/h9-14,25H,5-8H2,1-4H3,(H,31,32)(H,24,26,27)/t13-/m1/s1. The Morgan fingerprint density at radius 3 is 2.64 bits per heavy atom. The number of carbonyl (C=O) groups excluding carboxylic acids is 1. The van der Waals surface area contributed by atoms with Crippen LogP contribution in [0.1, 0.15) is 51.0 Å². The van der Waals surface area contributed by atoms with E-state index in [-0.39, 0.29) is 23.4 Å². The first-order valence-electron chi connectivity index (χ1n) is 11.0. The number of fused-ring (bicyclic) bond motifs is 1. The van der Waals surface area contributed by atoms with Crippen LogP contribution in [0, 0.1) is 5.41 Å². The van der Waals surface area contributed by atoms with E-state index in [4.69, 9.17) is 10.1 Å². The van der Waals surface area contributed by atoms with Gasteiger partial charge in [0, 0.05) is 42.8 Å².